The minimum absolute atomic E-state index is 1.09. The van der Waals surface area contributed by atoms with Crippen molar-refractivity contribution in [2.24, 2.45) is 0 Å². The summed E-state index contributed by atoms with van der Waals surface area (Å²) in [5, 5.41) is 0. The van der Waals surface area contributed by atoms with Gasteiger partial charge in [-0.1, -0.05) is 38.5 Å². The minimum atomic E-state index is 1.09. The molecular weight excluding hydrogens is 315 g/mol. The standard InChI is InChI=1S/C9H10BrI/c1-6-3-9(10)4-8(5-11)7(6)2/h3-4H,5H2,1-2H3. The normalized spacial score (nSPS) is 10.2. The fourth-order valence-electron chi connectivity index (χ4n) is 1.02. The van der Waals surface area contributed by atoms with Crippen LogP contribution in [0.4, 0.5) is 0 Å². The molecule has 11 heavy (non-hydrogen) atoms. The van der Waals surface area contributed by atoms with Gasteiger partial charge in [0.25, 0.3) is 0 Å². The molecule has 1 rings (SSSR count). The number of aryl methyl sites for hydroxylation is 1. The second kappa shape index (κ2) is 3.90. The Labute approximate surface area is 89.7 Å². The maximum atomic E-state index is 3.48. The van der Waals surface area contributed by atoms with Gasteiger partial charge in [0, 0.05) is 8.90 Å². The van der Waals surface area contributed by atoms with E-state index >= 15 is 0 Å². The Morgan fingerprint density at radius 3 is 2.55 bits per heavy atom. The molecule has 0 aliphatic carbocycles. The van der Waals surface area contributed by atoms with Crippen molar-refractivity contribution in [3.63, 3.8) is 0 Å². The van der Waals surface area contributed by atoms with Crippen LogP contribution in [0.5, 0.6) is 0 Å². The lowest BCUT2D eigenvalue weighted by molar-refractivity contribution is 1.25. The van der Waals surface area contributed by atoms with Crippen molar-refractivity contribution in [1.82, 2.24) is 0 Å². The molecular formula is C9H10BrI. The molecule has 0 nitrogen and oxygen atoms in total. The van der Waals surface area contributed by atoms with Crippen molar-refractivity contribution in [2.45, 2.75) is 18.3 Å². The molecule has 0 radical (unpaired) electrons. The van der Waals surface area contributed by atoms with Crippen LogP contribution in [0.15, 0.2) is 16.6 Å². The lowest BCUT2D eigenvalue weighted by Crippen LogP contribution is -1.88. The maximum absolute atomic E-state index is 3.48. The smallest absolute Gasteiger partial charge is 0.0250 e. The Bertz CT molecular complexity index is 269. The molecule has 0 saturated heterocycles. The first-order valence-corrected chi connectivity index (χ1v) is 5.78. The van der Waals surface area contributed by atoms with Crippen LogP contribution in [0.1, 0.15) is 16.7 Å². The summed E-state index contributed by atoms with van der Waals surface area (Å²) in [4.78, 5) is 0. The predicted molar refractivity (Wildman–Crippen MR) is 61.3 cm³/mol. The summed E-state index contributed by atoms with van der Waals surface area (Å²) < 4.78 is 2.27. The lowest BCUT2D eigenvalue weighted by Gasteiger charge is -2.06. The molecule has 0 N–H and O–H groups in total. The highest BCUT2D eigenvalue weighted by Gasteiger charge is 2.00. The third-order valence-corrected chi connectivity index (χ3v) is 3.16. The molecule has 0 fully saturated rings. The van der Waals surface area contributed by atoms with Crippen molar-refractivity contribution in [1.29, 1.82) is 0 Å². The zero-order valence-corrected chi connectivity index (χ0v) is 10.4. The number of halogens is 2. The van der Waals surface area contributed by atoms with Crippen molar-refractivity contribution in [2.75, 3.05) is 0 Å². The quantitative estimate of drug-likeness (QED) is 0.541. The summed E-state index contributed by atoms with van der Waals surface area (Å²) in [5.41, 5.74) is 4.21. The molecule has 0 heterocycles. The third kappa shape index (κ3) is 2.18. The molecule has 0 aromatic heterocycles. The van der Waals surface area contributed by atoms with Gasteiger partial charge in [0.2, 0.25) is 0 Å². The van der Waals surface area contributed by atoms with Gasteiger partial charge in [-0.3, -0.25) is 0 Å². The topological polar surface area (TPSA) is 0 Å². The average Bonchev–Trinajstić information content (AvgIpc) is 1.96. The first-order chi connectivity index (χ1) is 5.15. The number of alkyl halides is 1. The van der Waals surface area contributed by atoms with Gasteiger partial charge < -0.3 is 0 Å². The zero-order chi connectivity index (χ0) is 8.43. The molecule has 0 aliphatic rings. The van der Waals surface area contributed by atoms with E-state index in [1.807, 2.05) is 0 Å². The van der Waals surface area contributed by atoms with Crippen LogP contribution in [0.2, 0.25) is 0 Å². The van der Waals surface area contributed by atoms with E-state index in [9.17, 15) is 0 Å². The number of benzene rings is 1. The molecule has 0 aliphatic heterocycles. The predicted octanol–water partition coefficient (Wildman–Crippen LogP) is 4.00. The van der Waals surface area contributed by atoms with Crippen molar-refractivity contribution in [3.8, 4) is 0 Å². The van der Waals surface area contributed by atoms with Crippen LogP contribution < -0.4 is 0 Å². The zero-order valence-electron chi connectivity index (χ0n) is 6.62. The molecule has 2 heteroatoms. The number of rotatable bonds is 1. The maximum Gasteiger partial charge on any atom is 0.0250 e. The van der Waals surface area contributed by atoms with Gasteiger partial charge in [0.1, 0.15) is 0 Å². The molecule has 0 spiro atoms. The van der Waals surface area contributed by atoms with E-state index in [4.69, 9.17) is 0 Å². The van der Waals surface area contributed by atoms with E-state index in [-0.39, 0.29) is 0 Å². The Hall–Kier alpha value is 0.430. The van der Waals surface area contributed by atoms with Gasteiger partial charge >= 0.3 is 0 Å². The van der Waals surface area contributed by atoms with Gasteiger partial charge in [-0.15, -0.1) is 0 Å². The largest absolute Gasteiger partial charge is 0.0812 e. The van der Waals surface area contributed by atoms with E-state index in [1.165, 1.54) is 21.2 Å². The Morgan fingerprint density at radius 2 is 2.00 bits per heavy atom. The Morgan fingerprint density at radius 1 is 1.36 bits per heavy atom. The Kier molecular flexibility index (Phi) is 3.37. The second-order valence-corrected chi connectivity index (χ2v) is 4.32. The van der Waals surface area contributed by atoms with E-state index in [0.29, 0.717) is 0 Å². The number of hydrogen-bond donors (Lipinski definition) is 0. The van der Waals surface area contributed by atoms with E-state index in [2.05, 4.69) is 64.5 Å². The van der Waals surface area contributed by atoms with Crippen molar-refractivity contribution in [3.05, 3.63) is 33.3 Å². The lowest BCUT2D eigenvalue weighted by atomic mass is 10.1. The summed E-state index contributed by atoms with van der Waals surface area (Å²) in [6.45, 7) is 4.33. The van der Waals surface area contributed by atoms with Crippen LogP contribution in [0, 0.1) is 13.8 Å². The van der Waals surface area contributed by atoms with Gasteiger partial charge in [0.05, 0.1) is 0 Å². The molecule has 1 aromatic carbocycles. The number of hydrogen-bond acceptors (Lipinski definition) is 0. The van der Waals surface area contributed by atoms with Crippen LogP contribution in [0.3, 0.4) is 0 Å². The van der Waals surface area contributed by atoms with Gasteiger partial charge in [0.15, 0.2) is 0 Å². The van der Waals surface area contributed by atoms with E-state index < -0.39 is 0 Å². The fraction of sp³-hybridized carbons (Fsp3) is 0.333. The molecule has 0 saturated carbocycles. The highest BCUT2D eigenvalue weighted by atomic mass is 127. The Balaban J connectivity index is 3.24. The molecule has 0 bridgehead atoms. The third-order valence-electron chi connectivity index (χ3n) is 1.88. The summed E-state index contributed by atoms with van der Waals surface area (Å²) in [5.74, 6) is 0. The van der Waals surface area contributed by atoms with Crippen molar-refractivity contribution >= 4 is 38.5 Å². The van der Waals surface area contributed by atoms with Gasteiger partial charge in [-0.05, 0) is 42.7 Å². The molecule has 0 atom stereocenters. The highest BCUT2D eigenvalue weighted by Crippen LogP contribution is 2.22. The molecule has 60 valence electrons. The molecule has 1 aromatic rings. The first kappa shape index (κ1) is 9.52. The monoisotopic (exact) mass is 324 g/mol. The molecule has 0 unspecified atom stereocenters. The summed E-state index contributed by atoms with van der Waals surface area (Å²) in [6.07, 6.45) is 0. The summed E-state index contributed by atoms with van der Waals surface area (Å²) in [7, 11) is 0. The SMILES string of the molecule is Cc1cc(Br)cc(CI)c1C. The first-order valence-electron chi connectivity index (χ1n) is 3.46. The summed E-state index contributed by atoms with van der Waals surface area (Å²) >= 11 is 5.88. The average molecular weight is 325 g/mol. The van der Waals surface area contributed by atoms with E-state index in [1.54, 1.807) is 0 Å². The van der Waals surface area contributed by atoms with Crippen LogP contribution in [0.25, 0.3) is 0 Å². The minimum Gasteiger partial charge on any atom is -0.0812 e. The van der Waals surface area contributed by atoms with Crippen molar-refractivity contribution < 1.29 is 0 Å². The molecule has 0 amide bonds. The van der Waals surface area contributed by atoms with Crippen LogP contribution >= 0.6 is 38.5 Å². The van der Waals surface area contributed by atoms with Gasteiger partial charge in [-0.25, -0.2) is 0 Å². The highest BCUT2D eigenvalue weighted by molar-refractivity contribution is 14.1. The fourth-order valence-corrected chi connectivity index (χ4v) is 2.44. The van der Waals surface area contributed by atoms with E-state index in [0.717, 1.165) is 4.43 Å². The van der Waals surface area contributed by atoms with Crippen LogP contribution in [-0.2, 0) is 4.43 Å². The second-order valence-electron chi connectivity index (χ2n) is 2.64. The van der Waals surface area contributed by atoms with Gasteiger partial charge in [-0.2, -0.15) is 0 Å². The summed E-state index contributed by atoms with van der Waals surface area (Å²) in [6, 6.07) is 4.35. The van der Waals surface area contributed by atoms with Crippen LogP contribution in [-0.4, -0.2) is 0 Å².